The van der Waals surface area contributed by atoms with E-state index in [0.29, 0.717) is 24.8 Å². The normalized spacial score (nSPS) is 23.7. The lowest BCUT2D eigenvalue weighted by molar-refractivity contribution is -0.136. The Kier molecular flexibility index (Phi) is 4.96. The van der Waals surface area contributed by atoms with Gasteiger partial charge in [0.25, 0.3) is 0 Å². The summed E-state index contributed by atoms with van der Waals surface area (Å²) < 4.78 is 26.7. The Morgan fingerprint density at radius 3 is 2.88 bits per heavy atom. The zero-order valence-electron chi connectivity index (χ0n) is 13.6. The maximum Gasteiger partial charge on any atom is 0.223 e. The number of sulfonamides is 1. The fraction of sp³-hybridized carbons (Fsp3) is 0.500. The fourth-order valence-electron chi connectivity index (χ4n) is 3.52. The van der Waals surface area contributed by atoms with Crippen molar-refractivity contribution in [1.82, 2.24) is 14.2 Å². The van der Waals surface area contributed by atoms with Gasteiger partial charge in [-0.1, -0.05) is 6.07 Å². The molecule has 0 radical (unpaired) electrons. The van der Waals surface area contributed by atoms with E-state index in [-0.39, 0.29) is 36.8 Å². The molecular weight excluding hydrogens is 346 g/mol. The second-order valence-corrected chi connectivity index (χ2v) is 8.14. The molecule has 0 aliphatic carbocycles. The molecule has 2 aliphatic rings. The largest absolute Gasteiger partial charge is 0.331 e. The van der Waals surface area contributed by atoms with E-state index < -0.39 is 22.1 Å². The standard InChI is InChI=1S/C16H19N3O5S/c20-8-2-4-15(22)18-7-5-13-16(18)14(21)10-19(13)25(23,24)11-12-3-1-6-17-9-12/h1,3,6,8-9,13,16H,2,4-5,7,10-11H2. The van der Waals surface area contributed by atoms with Crippen molar-refractivity contribution >= 4 is 28.0 Å². The van der Waals surface area contributed by atoms with E-state index in [1.165, 1.54) is 15.4 Å². The van der Waals surface area contributed by atoms with Crippen LogP contribution in [0.1, 0.15) is 24.8 Å². The van der Waals surface area contributed by atoms with Crippen molar-refractivity contribution in [2.45, 2.75) is 37.1 Å². The van der Waals surface area contributed by atoms with E-state index in [2.05, 4.69) is 4.98 Å². The van der Waals surface area contributed by atoms with Crippen LogP contribution in [-0.2, 0) is 30.2 Å². The fourth-order valence-corrected chi connectivity index (χ4v) is 5.23. The zero-order chi connectivity index (χ0) is 18.0. The molecule has 2 saturated heterocycles. The van der Waals surface area contributed by atoms with Gasteiger partial charge in [-0.25, -0.2) is 8.42 Å². The summed E-state index contributed by atoms with van der Waals surface area (Å²) >= 11 is 0. The van der Waals surface area contributed by atoms with Gasteiger partial charge in [-0.3, -0.25) is 14.6 Å². The first-order chi connectivity index (χ1) is 11.9. The van der Waals surface area contributed by atoms with Crippen LogP contribution in [0, 0.1) is 0 Å². The molecule has 0 aromatic carbocycles. The number of rotatable bonds is 6. The van der Waals surface area contributed by atoms with Gasteiger partial charge in [-0.15, -0.1) is 0 Å². The highest BCUT2D eigenvalue weighted by Crippen LogP contribution is 2.33. The summed E-state index contributed by atoms with van der Waals surface area (Å²) in [5, 5.41) is 0. The van der Waals surface area contributed by atoms with Gasteiger partial charge in [-0.05, 0) is 18.1 Å². The molecule has 0 saturated carbocycles. The SMILES string of the molecule is O=CCCC(=O)N1CCC2C1C(=O)CN2S(=O)(=O)Cc1cccnc1. The molecule has 0 N–H and O–H groups in total. The number of fused-ring (bicyclic) bond motifs is 1. The second-order valence-electron chi connectivity index (χ2n) is 6.22. The highest BCUT2D eigenvalue weighted by molar-refractivity contribution is 7.88. The number of pyridine rings is 1. The van der Waals surface area contributed by atoms with Gasteiger partial charge in [0.2, 0.25) is 15.9 Å². The Hall–Kier alpha value is -2.13. The molecule has 0 bridgehead atoms. The van der Waals surface area contributed by atoms with Crippen LogP contribution in [0.5, 0.6) is 0 Å². The lowest BCUT2D eigenvalue weighted by atomic mass is 10.1. The number of carbonyl (C=O) groups is 3. The summed E-state index contributed by atoms with van der Waals surface area (Å²) in [5.41, 5.74) is 0.551. The second kappa shape index (κ2) is 7.01. The van der Waals surface area contributed by atoms with Gasteiger partial charge in [0.1, 0.15) is 12.3 Å². The number of carbonyl (C=O) groups excluding carboxylic acids is 3. The summed E-state index contributed by atoms with van der Waals surface area (Å²) in [5.74, 6) is -0.771. The van der Waals surface area contributed by atoms with Crippen LogP contribution in [-0.4, -0.2) is 65.8 Å². The average Bonchev–Trinajstić information content (AvgIpc) is 3.15. The summed E-state index contributed by atoms with van der Waals surface area (Å²) in [6, 6.07) is 2.08. The van der Waals surface area contributed by atoms with Crippen LogP contribution in [0.25, 0.3) is 0 Å². The molecule has 134 valence electrons. The van der Waals surface area contributed by atoms with E-state index in [1.54, 1.807) is 18.3 Å². The molecule has 2 fully saturated rings. The molecule has 2 unspecified atom stereocenters. The third kappa shape index (κ3) is 3.47. The quantitative estimate of drug-likeness (QED) is 0.644. The third-order valence-electron chi connectivity index (χ3n) is 4.60. The predicted molar refractivity (Wildman–Crippen MR) is 87.8 cm³/mol. The van der Waals surface area contributed by atoms with Gasteiger partial charge >= 0.3 is 0 Å². The minimum Gasteiger partial charge on any atom is -0.331 e. The highest BCUT2D eigenvalue weighted by Gasteiger charge is 2.53. The van der Waals surface area contributed by atoms with Crippen molar-refractivity contribution in [3.63, 3.8) is 0 Å². The minimum absolute atomic E-state index is 0.0441. The van der Waals surface area contributed by atoms with Crippen LogP contribution in [0.2, 0.25) is 0 Å². The number of amides is 1. The molecule has 2 aliphatic heterocycles. The highest BCUT2D eigenvalue weighted by atomic mass is 32.2. The van der Waals surface area contributed by atoms with Gasteiger partial charge < -0.3 is 9.69 Å². The molecule has 3 heterocycles. The van der Waals surface area contributed by atoms with E-state index in [4.69, 9.17) is 0 Å². The van der Waals surface area contributed by atoms with E-state index >= 15 is 0 Å². The number of likely N-dealkylation sites (tertiary alicyclic amines) is 1. The van der Waals surface area contributed by atoms with Crippen molar-refractivity contribution in [2.75, 3.05) is 13.1 Å². The Labute approximate surface area is 145 Å². The predicted octanol–water partition coefficient (Wildman–Crippen LogP) is -0.255. The van der Waals surface area contributed by atoms with Gasteiger partial charge in [0.15, 0.2) is 5.78 Å². The average molecular weight is 365 g/mol. The van der Waals surface area contributed by atoms with Gasteiger partial charge in [0, 0.05) is 31.8 Å². The topological polar surface area (TPSA) is 105 Å². The van der Waals surface area contributed by atoms with Crippen LogP contribution >= 0.6 is 0 Å². The van der Waals surface area contributed by atoms with Gasteiger partial charge in [-0.2, -0.15) is 4.31 Å². The first-order valence-electron chi connectivity index (χ1n) is 8.08. The lowest BCUT2D eigenvalue weighted by Gasteiger charge is -2.24. The van der Waals surface area contributed by atoms with E-state index in [0.717, 1.165) is 0 Å². The number of ketones is 1. The molecule has 25 heavy (non-hydrogen) atoms. The monoisotopic (exact) mass is 365 g/mol. The maximum atomic E-state index is 12.7. The molecular formula is C16H19N3O5S. The molecule has 9 heteroatoms. The van der Waals surface area contributed by atoms with Crippen LogP contribution in [0.3, 0.4) is 0 Å². The first kappa shape index (κ1) is 17.7. The van der Waals surface area contributed by atoms with Crippen molar-refractivity contribution < 1.29 is 22.8 Å². The molecule has 8 nitrogen and oxygen atoms in total. The summed E-state index contributed by atoms with van der Waals surface area (Å²) in [4.78, 5) is 40.3. The molecule has 1 amide bonds. The summed E-state index contributed by atoms with van der Waals surface area (Å²) in [7, 11) is -3.69. The van der Waals surface area contributed by atoms with Crippen molar-refractivity contribution in [3.8, 4) is 0 Å². The van der Waals surface area contributed by atoms with E-state index in [1.807, 2.05) is 0 Å². The molecule has 1 aromatic heterocycles. The third-order valence-corrected chi connectivity index (χ3v) is 6.42. The van der Waals surface area contributed by atoms with Crippen molar-refractivity contribution in [1.29, 1.82) is 0 Å². The van der Waals surface area contributed by atoms with E-state index in [9.17, 15) is 22.8 Å². The molecule has 2 atom stereocenters. The number of nitrogens with zero attached hydrogens (tertiary/aromatic N) is 3. The Balaban J connectivity index is 1.76. The smallest absolute Gasteiger partial charge is 0.223 e. The lowest BCUT2D eigenvalue weighted by Crippen LogP contribution is -2.43. The van der Waals surface area contributed by atoms with Crippen LogP contribution in [0.4, 0.5) is 0 Å². The number of hydrogen-bond acceptors (Lipinski definition) is 6. The maximum absolute atomic E-state index is 12.7. The zero-order valence-corrected chi connectivity index (χ0v) is 14.4. The summed E-state index contributed by atoms with van der Waals surface area (Å²) in [6.45, 7) is 0.118. The molecule has 3 rings (SSSR count). The van der Waals surface area contributed by atoms with Crippen LogP contribution in [0.15, 0.2) is 24.5 Å². The van der Waals surface area contributed by atoms with Crippen molar-refractivity contribution in [2.24, 2.45) is 0 Å². The number of hydrogen-bond donors (Lipinski definition) is 0. The first-order valence-corrected chi connectivity index (χ1v) is 9.69. The number of aromatic nitrogens is 1. The summed E-state index contributed by atoms with van der Waals surface area (Å²) in [6.07, 6.45) is 4.27. The Bertz CT molecular complexity index is 780. The number of Topliss-reactive ketones (excluding diaryl/α,β-unsaturated/α-hetero) is 1. The van der Waals surface area contributed by atoms with Crippen LogP contribution < -0.4 is 0 Å². The van der Waals surface area contributed by atoms with Crippen molar-refractivity contribution in [3.05, 3.63) is 30.1 Å². The Morgan fingerprint density at radius 2 is 2.20 bits per heavy atom. The van der Waals surface area contributed by atoms with Gasteiger partial charge in [0.05, 0.1) is 18.3 Å². The minimum atomic E-state index is -3.69. The molecule has 1 aromatic rings. The number of aldehydes is 1. The molecule has 0 spiro atoms. The Morgan fingerprint density at radius 1 is 1.40 bits per heavy atom.